The van der Waals surface area contributed by atoms with Crippen LogP contribution in [0.3, 0.4) is 0 Å². The molecule has 1 fully saturated rings. The summed E-state index contributed by atoms with van der Waals surface area (Å²) in [5.41, 5.74) is 2.84. The minimum atomic E-state index is 0.255. The largest absolute Gasteiger partial charge is 0.338 e. The van der Waals surface area contributed by atoms with Gasteiger partial charge >= 0.3 is 0 Å². The monoisotopic (exact) mass is 311 g/mol. The number of amides is 1. The number of nitrogens with zero attached hydrogens (tertiary/aromatic N) is 1. The van der Waals surface area contributed by atoms with Gasteiger partial charge in [0.25, 0.3) is 5.91 Å². The highest BCUT2D eigenvalue weighted by atomic mass is 32.1. The number of thiophene rings is 1. The van der Waals surface area contributed by atoms with E-state index in [-0.39, 0.29) is 5.91 Å². The second-order valence-corrected chi connectivity index (χ2v) is 7.53. The van der Waals surface area contributed by atoms with Crippen molar-refractivity contribution in [1.82, 2.24) is 4.90 Å². The van der Waals surface area contributed by atoms with Gasteiger partial charge in [0.2, 0.25) is 0 Å². The predicted octanol–water partition coefficient (Wildman–Crippen LogP) is 4.26. The summed E-state index contributed by atoms with van der Waals surface area (Å²) in [7, 11) is 0. The van der Waals surface area contributed by atoms with Gasteiger partial charge in [0.05, 0.1) is 4.88 Å². The van der Waals surface area contributed by atoms with E-state index in [1.807, 2.05) is 0 Å². The number of hydrogen-bond donors (Lipinski definition) is 0. The van der Waals surface area contributed by atoms with E-state index in [9.17, 15) is 4.79 Å². The summed E-state index contributed by atoms with van der Waals surface area (Å²) in [5.74, 6) is 0.865. The fourth-order valence-corrected chi connectivity index (χ4v) is 4.95. The summed E-state index contributed by atoms with van der Waals surface area (Å²) < 4.78 is 0. The number of carbonyl (C=O) groups excluding carboxylic acids is 1. The van der Waals surface area contributed by atoms with Crippen LogP contribution in [0.5, 0.6) is 0 Å². The first-order valence-corrected chi connectivity index (χ1v) is 9.09. The maximum absolute atomic E-state index is 12.7. The molecule has 22 heavy (non-hydrogen) atoms. The van der Waals surface area contributed by atoms with E-state index in [1.54, 1.807) is 11.3 Å². The van der Waals surface area contributed by atoms with Crippen LogP contribution in [-0.2, 0) is 12.8 Å². The second-order valence-electron chi connectivity index (χ2n) is 6.39. The fourth-order valence-electron chi connectivity index (χ4n) is 3.73. The van der Waals surface area contributed by atoms with Crippen molar-refractivity contribution < 1.29 is 4.79 Å². The van der Waals surface area contributed by atoms with Crippen LogP contribution in [0.15, 0.2) is 36.4 Å². The van der Waals surface area contributed by atoms with Crippen molar-refractivity contribution in [3.8, 4) is 0 Å². The van der Waals surface area contributed by atoms with Crippen LogP contribution in [-0.4, -0.2) is 23.9 Å². The second kappa shape index (κ2) is 5.88. The van der Waals surface area contributed by atoms with E-state index >= 15 is 0 Å². The first-order valence-electron chi connectivity index (χ1n) is 8.27. The lowest BCUT2D eigenvalue weighted by molar-refractivity contribution is 0.0718. The third-order valence-corrected chi connectivity index (χ3v) is 6.24. The molecule has 0 atom stereocenters. The van der Waals surface area contributed by atoms with Crippen LogP contribution in [0, 0.1) is 0 Å². The Hall–Kier alpha value is -1.61. The van der Waals surface area contributed by atoms with Gasteiger partial charge in [0.15, 0.2) is 0 Å². The molecule has 114 valence electrons. The molecule has 2 aromatic rings. The number of likely N-dealkylation sites (tertiary alicyclic amines) is 1. The van der Waals surface area contributed by atoms with Crippen LogP contribution in [0.25, 0.3) is 0 Å². The zero-order chi connectivity index (χ0) is 14.9. The first-order chi connectivity index (χ1) is 10.8. The lowest BCUT2D eigenvalue weighted by atomic mass is 9.89. The summed E-state index contributed by atoms with van der Waals surface area (Å²) in [6, 6.07) is 12.9. The fraction of sp³-hybridized carbons (Fsp3) is 0.421. The van der Waals surface area contributed by atoms with Crippen LogP contribution < -0.4 is 0 Å². The van der Waals surface area contributed by atoms with Gasteiger partial charge in [-0.2, -0.15) is 0 Å². The molecule has 3 heteroatoms. The molecule has 0 bridgehead atoms. The number of carbonyl (C=O) groups is 1. The molecule has 1 aliphatic carbocycles. The maximum Gasteiger partial charge on any atom is 0.263 e. The molecule has 0 saturated carbocycles. The number of rotatable bonds is 2. The third kappa shape index (κ3) is 2.58. The summed E-state index contributed by atoms with van der Waals surface area (Å²) in [6.45, 7) is 1.78. The summed E-state index contributed by atoms with van der Waals surface area (Å²) in [5, 5.41) is 0. The topological polar surface area (TPSA) is 20.3 Å². The van der Waals surface area contributed by atoms with Gasteiger partial charge in [0, 0.05) is 18.0 Å². The van der Waals surface area contributed by atoms with Crippen LogP contribution in [0.1, 0.15) is 50.9 Å². The quantitative estimate of drug-likeness (QED) is 0.811. The van der Waals surface area contributed by atoms with E-state index in [0.717, 1.165) is 37.2 Å². The van der Waals surface area contributed by atoms with Crippen molar-refractivity contribution in [3.63, 3.8) is 0 Å². The highest BCUT2D eigenvalue weighted by molar-refractivity contribution is 7.14. The smallest absolute Gasteiger partial charge is 0.263 e. The molecule has 4 rings (SSSR count). The Kier molecular flexibility index (Phi) is 3.75. The number of fused-ring (bicyclic) bond motifs is 1. The zero-order valence-electron chi connectivity index (χ0n) is 12.8. The van der Waals surface area contributed by atoms with Crippen LogP contribution in [0.2, 0.25) is 0 Å². The molecular weight excluding hydrogens is 290 g/mol. The van der Waals surface area contributed by atoms with Crippen molar-refractivity contribution in [2.24, 2.45) is 0 Å². The molecule has 2 aliphatic rings. The Labute approximate surface area is 135 Å². The summed E-state index contributed by atoms with van der Waals surface area (Å²) >= 11 is 1.73. The molecule has 1 amide bonds. The van der Waals surface area contributed by atoms with E-state index in [1.165, 1.54) is 28.8 Å². The predicted molar refractivity (Wildman–Crippen MR) is 90.7 cm³/mol. The molecule has 1 aliphatic heterocycles. The van der Waals surface area contributed by atoms with Gasteiger partial charge in [-0.15, -0.1) is 11.3 Å². The molecule has 0 unspecified atom stereocenters. The van der Waals surface area contributed by atoms with E-state index in [0.29, 0.717) is 5.92 Å². The minimum Gasteiger partial charge on any atom is -0.338 e. The molecule has 0 spiro atoms. The Bertz CT molecular complexity index is 646. The molecule has 2 nitrogen and oxygen atoms in total. The lowest BCUT2D eigenvalue weighted by Crippen LogP contribution is -2.37. The van der Waals surface area contributed by atoms with E-state index < -0.39 is 0 Å². The number of aryl methyl sites for hydroxylation is 2. The minimum absolute atomic E-state index is 0.255. The normalized spacial score (nSPS) is 18.5. The first kappa shape index (κ1) is 14.0. The molecular formula is C19H21NOS. The zero-order valence-corrected chi connectivity index (χ0v) is 13.6. The molecule has 1 aromatic carbocycles. The van der Waals surface area contributed by atoms with Gasteiger partial charge in [-0.3, -0.25) is 4.79 Å². The molecule has 1 saturated heterocycles. The van der Waals surface area contributed by atoms with Crippen molar-refractivity contribution in [1.29, 1.82) is 0 Å². The van der Waals surface area contributed by atoms with E-state index in [2.05, 4.69) is 41.3 Å². The van der Waals surface area contributed by atoms with Gasteiger partial charge in [-0.05, 0) is 55.2 Å². The number of hydrogen-bond acceptors (Lipinski definition) is 2. The number of piperidine rings is 1. The number of benzene rings is 1. The Morgan fingerprint density at radius 2 is 1.86 bits per heavy atom. The van der Waals surface area contributed by atoms with Gasteiger partial charge in [0.1, 0.15) is 0 Å². The third-order valence-electron chi connectivity index (χ3n) is 5.01. The Morgan fingerprint density at radius 3 is 2.59 bits per heavy atom. The van der Waals surface area contributed by atoms with Gasteiger partial charge < -0.3 is 4.90 Å². The molecule has 0 N–H and O–H groups in total. The standard InChI is InChI=1S/C19H21NOS/c21-19(18-13-16-7-4-8-17(16)22-18)20-11-9-15(10-12-20)14-5-2-1-3-6-14/h1-3,5-6,13,15H,4,7-12H2. The van der Waals surface area contributed by atoms with Gasteiger partial charge in [-0.25, -0.2) is 0 Å². The Balaban J connectivity index is 1.41. The Morgan fingerprint density at radius 1 is 1.09 bits per heavy atom. The van der Waals surface area contributed by atoms with Crippen molar-refractivity contribution in [2.45, 2.75) is 38.0 Å². The van der Waals surface area contributed by atoms with Crippen LogP contribution >= 0.6 is 11.3 Å². The maximum atomic E-state index is 12.7. The molecule has 2 heterocycles. The molecule has 1 aromatic heterocycles. The highest BCUT2D eigenvalue weighted by Crippen LogP contribution is 2.33. The lowest BCUT2D eigenvalue weighted by Gasteiger charge is -2.32. The average Bonchev–Trinajstić information content (AvgIpc) is 3.17. The van der Waals surface area contributed by atoms with Gasteiger partial charge in [-0.1, -0.05) is 30.3 Å². The van der Waals surface area contributed by atoms with Crippen molar-refractivity contribution in [2.75, 3.05) is 13.1 Å². The van der Waals surface area contributed by atoms with E-state index in [4.69, 9.17) is 0 Å². The van der Waals surface area contributed by atoms with Crippen molar-refractivity contribution in [3.05, 3.63) is 57.3 Å². The molecule has 0 radical (unpaired) electrons. The summed E-state index contributed by atoms with van der Waals surface area (Å²) in [4.78, 5) is 17.1. The SMILES string of the molecule is O=C(c1cc2c(s1)CCC2)N1CCC(c2ccccc2)CC1. The average molecular weight is 311 g/mol. The summed E-state index contributed by atoms with van der Waals surface area (Å²) in [6.07, 6.45) is 5.76. The van der Waals surface area contributed by atoms with Crippen molar-refractivity contribution >= 4 is 17.2 Å². The van der Waals surface area contributed by atoms with Crippen LogP contribution in [0.4, 0.5) is 0 Å². The highest BCUT2D eigenvalue weighted by Gasteiger charge is 2.26.